The van der Waals surface area contributed by atoms with Crippen LogP contribution < -0.4 is 10.1 Å². The first kappa shape index (κ1) is 17.9. The van der Waals surface area contributed by atoms with Crippen LogP contribution in [0.1, 0.15) is 22.3 Å². The summed E-state index contributed by atoms with van der Waals surface area (Å²) < 4.78 is 6.00. The lowest BCUT2D eigenvalue weighted by Gasteiger charge is -2.13. The van der Waals surface area contributed by atoms with Gasteiger partial charge in [-0.25, -0.2) is 4.98 Å². The van der Waals surface area contributed by atoms with E-state index >= 15 is 0 Å². The van der Waals surface area contributed by atoms with Gasteiger partial charge in [-0.3, -0.25) is 0 Å². The predicted molar refractivity (Wildman–Crippen MR) is 105 cm³/mol. The number of ether oxygens (including phenoxy) is 1. The van der Waals surface area contributed by atoms with E-state index in [9.17, 15) is 0 Å². The third-order valence-electron chi connectivity index (χ3n) is 3.78. The monoisotopic (exact) mass is 408 g/mol. The zero-order valence-electron chi connectivity index (χ0n) is 14.5. The number of anilines is 2. The fourth-order valence-corrected chi connectivity index (χ4v) is 2.92. The summed E-state index contributed by atoms with van der Waals surface area (Å²) in [5.41, 5.74) is 4.72. The molecule has 0 saturated carbocycles. The molecule has 26 heavy (non-hydrogen) atoms. The smallest absolute Gasteiger partial charge is 0.230 e. The van der Waals surface area contributed by atoms with Crippen molar-refractivity contribution in [3.63, 3.8) is 0 Å². The Morgan fingerprint density at radius 1 is 1.12 bits per heavy atom. The molecular formula is C20H17BrN4O. The summed E-state index contributed by atoms with van der Waals surface area (Å²) in [5, 5.41) is 12.8. The van der Waals surface area contributed by atoms with Crippen molar-refractivity contribution in [2.24, 2.45) is 0 Å². The van der Waals surface area contributed by atoms with Crippen LogP contribution in [0.15, 0.2) is 48.7 Å². The maximum absolute atomic E-state index is 8.86. The van der Waals surface area contributed by atoms with E-state index in [0.29, 0.717) is 17.4 Å². The second-order valence-electron chi connectivity index (χ2n) is 5.83. The molecule has 2 aromatic carbocycles. The van der Waals surface area contributed by atoms with Crippen molar-refractivity contribution in [3.05, 3.63) is 70.9 Å². The summed E-state index contributed by atoms with van der Waals surface area (Å²) in [4.78, 5) is 8.63. The third kappa shape index (κ3) is 4.19. The summed E-state index contributed by atoms with van der Waals surface area (Å²) in [6.45, 7) is 4.04. The molecule has 130 valence electrons. The molecule has 0 aliphatic heterocycles. The average molecular weight is 409 g/mol. The molecule has 0 aliphatic rings. The van der Waals surface area contributed by atoms with Gasteiger partial charge < -0.3 is 10.1 Å². The number of hydrogen-bond donors (Lipinski definition) is 1. The van der Waals surface area contributed by atoms with Gasteiger partial charge in [-0.05, 0) is 54.8 Å². The van der Waals surface area contributed by atoms with Crippen LogP contribution in [0.5, 0.6) is 11.6 Å². The lowest BCUT2D eigenvalue weighted by Crippen LogP contribution is -2.00. The molecule has 0 aliphatic carbocycles. The van der Waals surface area contributed by atoms with Gasteiger partial charge in [0.15, 0.2) is 0 Å². The Balaban J connectivity index is 1.80. The van der Waals surface area contributed by atoms with Gasteiger partial charge in [-0.2, -0.15) is 10.2 Å². The number of hydrogen-bond acceptors (Lipinski definition) is 5. The Morgan fingerprint density at radius 3 is 2.42 bits per heavy atom. The third-order valence-corrected chi connectivity index (χ3v) is 4.43. The number of nitrogens with one attached hydrogen (secondary N) is 1. The minimum Gasteiger partial charge on any atom is -0.438 e. The van der Waals surface area contributed by atoms with Gasteiger partial charge in [0.1, 0.15) is 5.75 Å². The first-order valence-electron chi connectivity index (χ1n) is 8.03. The van der Waals surface area contributed by atoms with E-state index in [1.54, 1.807) is 24.4 Å². The molecular weight excluding hydrogens is 392 g/mol. The lowest BCUT2D eigenvalue weighted by atomic mass is 10.1. The number of nitriles is 1. The van der Waals surface area contributed by atoms with E-state index in [4.69, 9.17) is 10.00 Å². The van der Waals surface area contributed by atoms with Gasteiger partial charge in [0, 0.05) is 23.3 Å². The van der Waals surface area contributed by atoms with E-state index in [0.717, 1.165) is 27.9 Å². The summed E-state index contributed by atoms with van der Waals surface area (Å²) in [5.74, 6) is 1.70. The summed E-state index contributed by atoms with van der Waals surface area (Å²) in [6, 6.07) is 15.1. The molecule has 0 fully saturated rings. The fraction of sp³-hybridized carbons (Fsp3) is 0.150. The van der Waals surface area contributed by atoms with Gasteiger partial charge in [-0.15, -0.1) is 0 Å². The van der Waals surface area contributed by atoms with Crippen LogP contribution in [-0.2, 0) is 5.33 Å². The number of nitrogens with zero attached hydrogens (tertiary/aromatic N) is 3. The summed E-state index contributed by atoms with van der Waals surface area (Å²) >= 11 is 3.48. The zero-order valence-corrected chi connectivity index (χ0v) is 16.0. The zero-order chi connectivity index (χ0) is 18.5. The first-order valence-corrected chi connectivity index (χ1v) is 9.15. The SMILES string of the molecule is Cc1cc(CBr)cc(C)c1Oc1ccnc(Nc2ccc(C#N)cc2)n1. The highest BCUT2D eigenvalue weighted by molar-refractivity contribution is 9.08. The van der Waals surface area contributed by atoms with Gasteiger partial charge >= 0.3 is 0 Å². The second kappa shape index (κ2) is 7.98. The van der Waals surface area contributed by atoms with Crippen LogP contribution >= 0.6 is 15.9 Å². The number of halogens is 1. The van der Waals surface area contributed by atoms with Gasteiger partial charge in [-0.1, -0.05) is 28.1 Å². The Morgan fingerprint density at radius 2 is 1.81 bits per heavy atom. The largest absolute Gasteiger partial charge is 0.438 e. The first-order chi connectivity index (χ1) is 12.6. The van der Waals surface area contributed by atoms with Gasteiger partial charge in [0.25, 0.3) is 0 Å². The molecule has 3 rings (SSSR count). The molecule has 0 saturated heterocycles. The Labute approximate surface area is 160 Å². The quantitative estimate of drug-likeness (QED) is 0.572. The summed E-state index contributed by atoms with van der Waals surface area (Å²) in [6.07, 6.45) is 1.64. The Hall–Kier alpha value is -2.91. The Kier molecular flexibility index (Phi) is 5.49. The standard InChI is InChI=1S/C20H17BrN4O/c1-13-9-16(11-21)10-14(2)19(13)26-18-7-8-23-20(25-18)24-17-5-3-15(12-22)4-6-17/h3-10H,11H2,1-2H3,(H,23,24,25). The number of aryl methyl sites for hydroxylation is 2. The van der Waals surface area contributed by atoms with Crippen molar-refractivity contribution in [1.82, 2.24) is 9.97 Å². The van der Waals surface area contributed by atoms with E-state index < -0.39 is 0 Å². The summed E-state index contributed by atoms with van der Waals surface area (Å²) in [7, 11) is 0. The van der Waals surface area contributed by atoms with Crippen LogP contribution in [0.4, 0.5) is 11.6 Å². The molecule has 0 bridgehead atoms. The van der Waals surface area contributed by atoms with Crippen molar-refractivity contribution < 1.29 is 4.74 Å². The van der Waals surface area contributed by atoms with Crippen molar-refractivity contribution >= 4 is 27.6 Å². The molecule has 1 heterocycles. The molecule has 1 aromatic heterocycles. The molecule has 5 nitrogen and oxygen atoms in total. The minimum absolute atomic E-state index is 0.430. The molecule has 1 N–H and O–H groups in total. The number of rotatable bonds is 5. The highest BCUT2D eigenvalue weighted by atomic mass is 79.9. The van der Waals surface area contributed by atoms with E-state index in [1.165, 1.54) is 5.56 Å². The maximum Gasteiger partial charge on any atom is 0.230 e. The van der Waals surface area contributed by atoms with Gasteiger partial charge in [0.05, 0.1) is 11.6 Å². The van der Waals surface area contributed by atoms with Crippen LogP contribution in [-0.4, -0.2) is 9.97 Å². The average Bonchev–Trinajstić information content (AvgIpc) is 2.65. The second-order valence-corrected chi connectivity index (χ2v) is 6.39. The van der Waals surface area contributed by atoms with Crippen molar-refractivity contribution in [1.29, 1.82) is 5.26 Å². The number of benzene rings is 2. The van der Waals surface area contributed by atoms with E-state index in [1.807, 2.05) is 26.0 Å². The van der Waals surface area contributed by atoms with Crippen LogP contribution in [0.25, 0.3) is 0 Å². The van der Waals surface area contributed by atoms with Crippen LogP contribution in [0.3, 0.4) is 0 Å². The predicted octanol–water partition coefficient (Wildman–Crippen LogP) is 5.40. The molecule has 0 spiro atoms. The fourth-order valence-electron chi connectivity index (χ4n) is 2.60. The Bertz CT molecular complexity index is 941. The van der Waals surface area contributed by atoms with Crippen molar-refractivity contribution in [3.8, 4) is 17.7 Å². The van der Waals surface area contributed by atoms with Crippen molar-refractivity contribution in [2.45, 2.75) is 19.2 Å². The molecule has 0 unspecified atom stereocenters. The molecule has 0 atom stereocenters. The highest BCUT2D eigenvalue weighted by Gasteiger charge is 2.09. The number of aromatic nitrogens is 2. The molecule has 6 heteroatoms. The van der Waals surface area contributed by atoms with E-state index in [2.05, 4.69) is 49.4 Å². The van der Waals surface area contributed by atoms with Crippen LogP contribution in [0.2, 0.25) is 0 Å². The minimum atomic E-state index is 0.430. The highest BCUT2D eigenvalue weighted by Crippen LogP contribution is 2.30. The molecule has 3 aromatic rings. The number of alkyl halides is 1. The van der Waals surface area contributed by atoms with Crippen LogP contribution in [0, 0.1) is 25.2 Å². The van der Waals surface area contributed by atoms with Crippen molar-refractivity contribution in [2.75, 3.05) is 5.32 Å². The normalized spacial score (nSPS) is 10.2. The van der Waals surface area contributed by atoms with Gasteiger partial charge in [0.2, 0.25) is 11.8 Å². The van der Waals surface area contributed by atoms with E-state index in [-0.39, 0.29) is 0 Å². The topological polar surface area (TPSA) is 70.8 Å². The maximum atomic E-state index is 8.86. The molecule has 0 radical (unpaired) electrons. The molecule has 0 amide bonds. The lowest BCUT2D eigenvalue weighted by molar-refractivity contribution is 0.455.